The lowest BCUT2D eigenvalue weighted by Crippen LogP contribution is -2.57. The van der Waals surface area contributed by atoms with Gasteiger partial charge in [0.2, 0.25) is 0 Å². The van der Waals surface area contributed by atoms with Crippen molar-refractivity contribution >= 4 is 17.2 Å². The van der Waals surface area contributed by atoms with Crippen LogP contribution in [-0.4, -0.2) is 41.6 Å². The van der Waals surface area contributed by atoms with Gasteiger partial charge in [0.1, 0.15) is 11.5 Å². The highest BCUT2D eigenvalue weighted by atomic mass is 32.1. The van der Waals surface area contributed by atoms with E-state index in [9.17, 15) is 9.90 Å². The molecule has 4 heterocycles. The van der Waals surface area contributed by atoms with Crippen molar-refractivity contribution in [1.29, 1.82) is 0 Å². The second-order valence-corrected chi connectivity index (χ2v) is 7.48. The molecular weight excluding hydrogens is 324 g/mol. The minimum absolute atomic E-state index is 0.0236. The third-order valence-corrected chi connectivity index (χ3v) is 5.78. The van der Waals surface area contributed by atoms with Gasteiger partial charge in [-0.3, -0.25) is 4.79 Å². The molecule has 6 heteroatoms. The van der Waals surface area contributed by atoms with Gasteiger partial charge in [0, 0.05) is 18.7 Å². The summed E-state index contributed by atoms with van der Waals surface area (Å²) in [6.07, 6.45) is 2.36. The third kappa shape index (κ3) is 3.25. The second-order valence-electron chi connectivity index (χ2n) is 6.44. The number of thiophene rings is 1. The summed E-state index contributed by atoms with van der Waals surface area (Å²) in [5.41, 5.74) is 0. The molecule has 3 fully saturated rings. The number of aromatic hydroxyl groups is 1. The molecule has 2 aromatic rings. The molecule has 1 amide bonds. The summed E-state index contributed by atoms with van der Waals surface area (Å²) in [6, 6.07) is 10.5. The zero-order valence-corrected chi connectivity index (χ0v) is 14.1. The number of phenols is 1. The molecule has 2 N–H and O–H groups in total. The Hall–Kier alpha value is -2.05. The highest BCUT2D eigenvalue weighted by Gasteiger charge is 2.35. The lowest BCUT2D eigenvalue weighted by atomic mass is 9.84. The molecule has 0 radical (unpaired) electrons. The number of benzene rings is 1. The summed E-state index contributed by atoms with van der Waals surface area (Å²) < 4.78 is 5.70. The average Bonchev–Trinajstić information content (AvgIpc) is 3.05. The highest BCUT2D eigenvalue weighted by molar-refractivity contribution is 7.15. The quantitative estimate of drug-likeness (QED) is 0.895. The molecule has 2 bridgehead atoms. The summed E-state index contributed by atoms with van der Waals surface area (Å²) in [6.45, 7) is 3.30. The zero-order valence-electron chi connectivity index (χ0n) is 13.3. The van der Waals surface area contributed by atoms with E-state index in [4.69, 9.17) is 4.74 Å². The van der Waals surface area contributed by atoms with Gasteiger partial charge in [-0.05, 0) is 56.1 Å². The molecule has 3 aliphatic rings. The topological polar surface area (TPSA) is 61.8 Å². The number of nitrogens with zero attached hydrogens (tertiary/aromatic N) is 1. The van der Waals surface area contributed by atoms with E-state index in [1.807, 2.05) is 0 Å². The largest absolute Gasteiger partial charge is 0.508 e. The van der Waals surface area contributed by atoms with Crippen molar-refractivity contribution in [3.05, 3.63) is 41.3 Å². The predicted molar refractivity (Wildman–Crippen MR) is 92.9 cm³/mol. The van der Waals surface area contributed by atoms with Gasteiger partial charge in [-0.25, -0.2) is 0 Å². The molecule has 1 unspecified atom stereocenters. The first-order valence-electron chi connectivity index (χ1n) is 8.27. The van der Waals surface area contributed by atoms with Crippen LogP contribution in [0.15, 0.2) is 36.4 Å². The van der Waals surface area contributed by atoms with Crippen LogP contribution < -0.4 is 10.1 Å². The molecule has 0 aliphatic carbocycles. The zero-order chi connectivity index (χ0) is 16.5. The van der Waals surface area contributed by atoms with Crippen molar-refractivity contribution < 1.29 is 14.6 Å². The van der Waals surface area contributed by atoms with Crippen LogP contribution in [0.2, 0.25) is 0 Å². The fourth-order valence-corrected chi connectivity index (χ4v) is 4.31. The summed E-state index contributed by atoms with van der Waals surface area (Å²) in [5.74, 6) is 1.30. The maximum Gasteiger partial charge on any atom is 0.261 e. The molecule has 24 heavy (non-hydrogen) atoms. The van der Waals surface area contributed by atoms with Crippen LogP contribution in [0.3, 0.4) is 0 Å². The van der Waals surface area contributed by atoms with Crippen molar-refractivity contribution in [2.24, 2.45) is 5.92 Å². The van der Waals surface area contributed by atoms with Gasteiger partial charge in [0.05, 0.1) is 4.88 Å². The minimum Gasteiger partial charge on any atom is -0.508 e. The van der Waals surface area contributed by atoms with Gasteiger partial charge < -0.3 is 20.1 Å². The van der Waals surface area contributed by atoms with E-state index in [0.29, 0.717) is 21.6 Å². The number of hydrogen-bond donors (Lipinski definition) is 2. The molecular formula is C18H20N2O3S. The predicted octanol–water partition coefficient (Wildman–Crippen LogP) is 3.07. The van der Waals surface area contributed by atoms with Crippen molar-refractivity contribution in [1.82, 2.24) is 10.2 Å². The SMILES string of the molecule is O=C(NC1CN2CCC1CC2)c1ccc(Oc2cccc(O)c2)s1. The van der Waals surface area contributed by atoms with Crippen LogP contribution in [0.4, 0.5) is 0 Å². The van der Waals surface area contributed by atoms with Gasteiger partial charge in [0.25, 0.3) is 5.91 Å². The van der Waals surface area contributed by atoms with Crippen LogP contribution >= 0.6 is 11.3 Å². The Balaban J connectivity index is 1.40. The normalized spacial score (nSPS) is 25.4. The number of carbonyl (C=O) groups is 1. The maximum absolute atomic E-state index is 12.5. The highest BCUT2D eigenvalue weighted by Crippen LogP contribution is 2.32. The number of carbonyl (C=O) groups excluding carboxylic acids is 1. The number of fused-ring (bicyclic) bond motifs is 3. The van der Waals surface area contributed by atoms with E-state index in [-0.39, 0.29) is 17.7 Å². The van der Waals surface area contributed by atoms with E-state index in [1.165, 1.54) is 24.2 Å². The Morgan fingerprint density at radius 1 is 1.25 bits per heavy atom. The maximum atomic E-state index is 12.5. The van der Waals surface area contributed by atoms with Gasteiger partial charge in [-0.15, -0.1) is 0 Å². The minimum atomic E-state index is -0.0236. The first-order chi connectivity index (χ1) is 11.7. The van der Waals surface area contributed by atoms with Crippen LogP contribution in [0.5, 0.6) is 16.6 Å². The lowest BCUT2D eigenvalue weighted by Gasteiger charge is -2.44. The van der Waals surface area contributed by atoms with Crippen molar-refractivity contribution in [2.45, 2.75) is 18.9 Å². The van der Waals surface area contributed by atoms with E-state index in [1.54, 1.807) is 36.4 Å². The van der Waals surface area contributed by atoms with E-state index >= 15 is 0 Å². The number of piperidine rings is 3. The van der Waals surface area contributed by atoms with Gasteiger partial charge >= 0.3 is 0 Å². The lowest BCUT2D eigenvalue weighted by molar-refractivity contribution is 0.0622. The Labute approximate surface area is 144 Å². The summed E-state index contributed by atoms with van der Waals surface area (Å²) in [4.78, 5) is 15.6. The van der Waals surface area contributed by atoms with E-state index in [2.05, 4.69) is 10.2 Å². The van der Waals surface area contributed by atoms with E-state index < -0.39 is 0 Å². The number of amides is 1. The van der Waals surface area contributed by atoms with Crippen LogP contribution in [0.25, 0.3) is 0 Å². The standard InChI is InChI=1S/C18H20N2O3S/c21-13-2-1-3-14(10-13)23-17-5-4-16(24-17)18(22)19-15-11-20-8-6-12(15)7-9-20/h1-5,10,12,15,21H,6-9,11H2,(H,19,22). The molecule has 3 saturated heterocycles. The first-order valence-corrected chi connectivity index (χ1v) is 9.09. The number of rotatable bonds is 4. The Bertz CT molecular complexity index is 737. The molecule has 1 atom stereocenters. The molecule has 3 aliphatic heterocycles. The fourth-order valence-electron chi connectivity index (χ4n) is 3.53. The molecule has 0 spiro atoms. The molecule has 5 rings (SSSR count). The summed E-state index contributed by atoms with van der Waals surface area (Å²) in [5, 5.41) is 13.3. The van der Waals surface area contributed by atoms with Crippen LogP contribution in [0.1, 0.15) is 22.5 Å². The molecule has 1 aromatic carbocycles. The second kappa shape index (κ2) is 6.45. The average molecular weight is 344 g/mol. The summed E-state index contributed by atoms with van der Waals surface area (Å²) in [7, 11) is 0. The number of hydrogen-bond acceptors (Lipinski definition) is 5. The molecule has 1 aromatic heterocycles. The number of ether oxygens (including phenoxy) is 1. The first kappa shape index (κ1) is 15.5. The number of nitrogens with one attached hydrogen (secondary N) is 1. The number of phenolic OH excluding ortho intramolecular Hbond substituents is 1. The molecule has 0 saturated carbocycles. The third-order valence-electron chi connectivity index (χ3n) is 4.81. The Morgan fingerprint density at radius 3 is 2.79 bits per heavy atom. The smallest absolute Gasteiger partial charge is 0.261 e. The van der Waals surface area contributed by atoms with Crippen molar-refractivity contribution in [3.8, 4) is 16.6 Å². The fraction of sp³-hybridized carbons (Fsp3) is 0.389. The molecule has 126 valence electrons. The van der Waals surface area contributed by atoms with Gasteiger partial charge in [0.15, 0.2) is 5.06 Å². The van der Waals surface area contributed by atoms with Crippen LogP contribution in [-0.2, 0) is 0 Å². The monoisotopic (exact) mass is 344 g/mol. The Kier molecular flexibility index (Phi) is 4.16. The Morgan fingerprint density at radius 2 is 2.08 bits per heavy atom. The van der Waals surface area contributed by atoms with Crippen LogP contribution in [0, 0.1) is 5.92 Å². The van der Waals surface area contributed by atoms with Crippen molar-refractivity contribution in [2.75, 3.05) is 19.6 Å². The van der Waals surface area contributed by atoms with Gasteiger partial charge in [-0.1, -0.05) is 17.4 Å². The van der Waals surface area contributed by atoms with E-state index in [0.717, 1.165) is 19.6 Å². The van der Waals surface area contributed by atoms with Gasteiger partial charge in [-0.2, -0.15) is 0 Å². The summed E-state index contributed by atoms with van der Waals surface area (Å²) >= 11 is 1.32. The molecule has 5 nitrogen and oxygen atoms in total. The van der Waals surface area contributed by atoms with Crippen molar-refractivity contribution in [3.63, 3.8) is 0 Å².